The van der Waals surface area contributed by atoms with Crippen LogP contribution in [-0.2, 0) is 0 Å². The van der Waals surface area contributed by atoms with E-state index in [2.05, 4.69) is 28.3 Å². The minimum atomic E-state index is -0.195. The fourth-order valence-corrected chi connectivity index (χ4v) is 5.87. The maximum absolute atomic E-state index is 13.8. The van der Waals surface area contributed by atoms with Gasteiger partial charge < -0.3 is 5.32 Å². The Balaban J connectivity index is 1.22. The standard InChI is InChI=1S/C26H25ClFN3S/c1-16(31-26-30-15-25(32-26)19-6-8-20(27)9-7-19)17-2-4-18(5-3-17)22-12-13-29-24-11-10-21(28)14-23(22)24/h6-18H,2-5H2,1H3,(H,30,31)/t16-,17-,18+/m1/s1. The fourth-order valence-electron chi connectivity index (χ4n) is 4.83. The number of fused-ring (bicyclic) bond motifs is 1. The van der Waals surface area contributed by atoms with E-state index in [1.54, 1.807) is 23.5 Å². The molecule has 1 aliphatic rings. The number of thiazole rings is 1. The van der Waals surface area contributed by atoms with E-state index in [1.807, 2.05) is 36.7 Å². The summed E-state index contributed by atoms with van der Waals surface area (Å²) in [6.45, 7) is 2.26. The summed E-state index contributed by atoms with van der Waals surface area (Å²) in [4.78, 5) is 10.1. The van der Waals surface area contributed by atoms with Crippen LogP contribution in [0.4, 0.5) is 9.52 Å². The zero-order valence-electron chi connectivity index (χ0n) is 17.9. The number of halogens is 2. The molecule has 0 aliphatic heterocycles. The predicted molar refractivity (Wildman–Crippen MR) is 132 cm³/mol. The van der Waals surface area contributed by atoms with Gasteiger partial charge >= 0.3 is 0 Å². The molecule has 0 unspecified atom stereocenters. The molecule has 0 bridgehead atoms. The third-order valence-electron chi connectivity index (χ3n) is 6.64. The van der Waals surface area contributed by atoms with Crippen LogP contribution in [0.25, 0.3) is 21.3 Å². The Labute approximate surface area is 196 Å². The van der Waals surface area contributed by atoms with Gasteiger partial charge in [-0.3, -0.25) is 4.98 Å². The molecule has 2 aromatic heterocycles. The lowest BCUT2D eigenvalue weighted by atomic mass is 9.75. The van der Waals surface area contributed by atoms with Crippen molar-refractivity contribution in [2.24, 2.45) is 5.92 Å². The topological polar surface area (TPSA) is 37.8 Å². The molecule has 0 saturated heterocycles. The van der Waals surface area contributed by atoms with Crippen LogP contribution in [0.2, 0.25) is 5.02 Å². The molecule has 1 aliphatic carbocycles. The SMILES string of the molecule is C[C@@H](Nc1ncc(-c2ccc(Cl)cc2)s1)[C@H]1CC[C@@H](c2ccnc3ccc(F)cc32)CC1. The van der Waals surface area contributed by atoms with E-state index in [1.165, 1.54) is 11.6 Å². The molecule has 6 heteroatoms. The molecule has 2 heterocycles. The van der Waals surface area contributed by atoms with Crippen LogP contribution in [0.3, 0.4) is 0 Å². The highest BCUT2D eigenvalue weighted by Crippen LogP contribution is 2.40. The van der Waals surface area contributed by atoms with Gasteiger partial charge in [0.2, 0.25) is 0 Å². The molecule has 1 N–H and O–H groups in total. The fraction of sp³-hybridized carbons (Fsp3) is 0.308. The van der Waals surface area contributed by atoms with Gasteiger partial charge in [0.05, 0.1) is 10.4 Å². The molecule has 164 valence electrons. The van der Waals surface area contributed by atoms with Crippen molar-refractivity contribution in [1.82, 2.24) is 9.97 Å². The van der Waals surface area contributed by atoms with Gasteiger partial charge in [-0.2, -0.15) is 0 Å². The van der Waals surface area contributed by atoms with E-state index in [0.717, 1.165) is 57.2 Å². The Morgan fingerprint density at radius 3 is 2.59 bits per heavy atom. The normalized spacial score (nSPS) is 19.7. The van der Waals surface area contributed by atoms with Gasteiger partial charge in [-0.05, 0) is 92.0 Å². The lowest BCUT2D eigenvalue weighted by Gasteiger charge is -2.33. The number of hydrogen-bond donors (Lipinski definition) is 1. The summed E-state index contributed by atoms with van der Waals surface area (Å²) in [6, 6.07) is 15.2. The quantitative estimate of drug-likeness (QED) is 0.325. The van der Waals surface area contributed by atoms with E-state index < -0.39 is 0 Å². The average molecular weight is 466 g/mol. The van der Waals surface area contributed by atoms with Gasteiger partial charge in [0.25, 0.3) is 0 Å². The molecule has 5 rings (SSSR count). The number of pyridine rings is 1. The van der Waals surface area contributed by atoms with Crippen molar-refractivity contribution in [1.29, 1.82) is 0 Å². The van der Waals surface area contributed by atoms with E-state index >= 15 is 0 Å². The Kier molecular flexibility index (Phi) is 6.11. The first-order valence-corrected chi connectivity index (χ1v) is 12.3. The molecule has 4 aromatic rings. The number of nitrogens with one attached hydrogen (secondary N) is 1. The number of hydrogen-bond acceptors (Lipinski definition) is 4. The van der Waals surface area contributed by atoms with Crippen molar-refractivity contribution in [2.45, 2.75) is 44.6 Å². The largest absolute Gasteiger partial charge is 0.359 e. The number of nitrogens with zero attached hydrogens (tertiary/aromatic N) is 2. The molecule has 1 fully saturated rings. The Morgan fingerprint density at radius 1 is 1.03 bits per heavy atom. The number of rotatable bonds is 5. The lowest BCUT2D eigenvalue weighted by molar-refractivity contribution is 0.302. The van der Waals surface area contributed by atoms with Gasteiger partial charge in [-0.25, -0.2) is 9.37 Å². The zero-order chi connectivity index (χ0) is 22.1. The van der Waals surface area contributed by atoms with Crippen molar-refractivity contribution in [3.63, 3.8) is 0 Å². The third-order valence-corrected chi connectivity index (χ3v) is 7.87. The highest BCUT2D eigenvalue weighted by Gasteiger charge is 2.27. The summed E-state index contributed by atoms with van der Waals surface area (Å²) in [5, 5.41) is 6.28. The summed E-state index contributed by atoms with van der Waals surface area (Å²) in [7, 11) is 0. The van der Waals surface area contributed by atoms with Crippen LogP contribution in [0.15, 0.2) is 60.9 Å². The van der Waals surface area contributed by atoms with Gasteiger partial charge in [0.15, 0.2) is 5.13 Å². The lowest BCUT2D eigenvalue weighted by Crippen LogP contribution is -2.29. The average Bonchev–Trinajstić information content (AvgIpc) is 3.27. The van der Waals surface area contributed by atoms with Gasteiger partial charge in [0.1, 0.15) is 5.82 Å². The van der Waals surface area contributed by atoms with Gasteiger partial charge in [-0.15, -0.1) is 0 Å². The molecule has 0 radical (unpaired) electrons. The third kappa shape index (κ3) is 4.50. The van der Waals surface area contributed by atoms with Crippen molar-refractivity contribution in [3.05, 3.63) is 77.3 Å². The Bertz CT molecular complexity index is 1220. The van der Waals surface area contributed by atoms with Crippen LogP contribution < -0.4 is 5.32 Å². The first kappa shape index (κ1) is 21.4. The van der Waals surface area contributed by atoms with Crippen molar-refractivity contribution < 1.29 is 4.39 Å². The van der Waals surface area contributed by atoms with Crippen molar-refractivity contribution in [3.8, 4) is 10.4 Å². The number of benzene rings is 2. The first-order valence-electron chi connectivity index (χ1n) is 11.1. The van der Waals surface area contributed by atoms with E-state index in [4.69, 9.17) is 11.6 Å². The Hall–Kier alpha value is -2.50. The Morgan fingerprint density at radius 2 is 1.81 bits per heavy atom. The first-order chi connectivity index (χ1) is 15.6. The van der Waals surface area contributed by atoms with Crippen LogP contribution in [0, 0.1) is 11.7 Å². The summed E-state index contributed by atoms with van der Waals surface area (Å²) in [5.41, 5.74) is 3.25. The van der Waals surface area contributed by atoms with Crippen LogP contribution in [0.5, 0.6) is 0 Å². The van der Waals surface area contributed by atoms with E-state index in [9.17, 15) is 4.39 Å². The molecular weight excluding hydrogens is 441 g/mol. The maximum atomic E-state index is 13.8. The maximum Gasteiger partial charge on any atom is 0.183 e. The molecule has 3 nitrogen and oxygen atoms in total. The molecular formula is C26H25ClFN3S. The van der Waals surface area contributed by atoms with Crippen LogP contribution >= 0.6 is 22.9 Å². The molecule has 1 saturated carbocycles. The molecule has 0 amide bonds. The molecule has 1 atom stereocenters. The second kappa shape index (κ2) is 9.16. The van der Waals surface area contributed by atoms with Crippen molar-refractivity contribution in [2.75, 3.05) is 5.32 Å². The number of aromatic nitrogens is 2. The summed E-state index contributed by atoms with van der Waals surface area (Å²) in [6.07, 6.45) is 8.29. The summed E-state index contributed by atoms with van der Waals surface area (Å²) in [5.74, 6) is 0.862. The minimum absolute atomic E-state index is 0.195. The van der Waals surface area contributed by atoms with E-state index in [0.29, 0.717) is 17.9 Å². The smallest absolute Gasteiger partial charge is 0.183 e. The highest BCUT2D eigenvalue weighted by atomic mass is 35.5. The predicted octanol–water partition coefficient (Wildman–Crippen LogP) is 7.93. The molecule has 32 heavy (non-hydrogen) atoms. The second-order valence-corrected chi connectivity index (χ2v) is 10.1. The zero-order valence-corrected chi connectivity index (χ0v) is 19.5. The number of anilines is 1. The second-order valence-electron chi connectivity index (χ2n) is 8.64. The van der Waals surface area contributed by atoms with Crippen LogP contribution in [0.1, 0.15) is 44.1 Å². The van der Waals surface area contributed by atoms with Crippen molar-refractivity contribution >= 4 is 39.0 Å². The molecule has 0 spiro atoms. The van der Waals surface area contributed by atoms with Gasteiger partial charge in [-0.1, -0.05) is 35.1 Å². The van der Waals surface area contributed by atoms with Gasteiger partial charge in [0, 0.05) is 28.8 Å². The monoisotopic (exact) mass is 465 g/mol. The minimum Gasteiger partial charge on any atom is -0.359 e. The summed E-state index contributed by atoms with van der Waals surface area (Å²) < 4.78 is 13.8. The van der Waals surface area contributed by atoms with Crippen LogP contribution in [-0.4, -0.2) is 16.0 Å². The van der Waals surface area contributed by atoms with E-state index in [-0.39, 0.29) is 5.82 Å². The highest BCUT2D eigenvalue weighted by molar-refractivity contribution is 7.18. The molecule has 2 aromatic carbocycles. The summed E-state index contributed by atoms with van der Waals surface area (Å²) >= 11 is 7.68.